The first-order valence-corrected chi connectivity index (χ1v) is 12.1. The minimum absolute atomic E-state index is 0.733. The van der Waals surface area contributed by atoms with Crippen molar-refractivity contribution in [2.45, 2.75) is 52.9 Å². The fraction of sp³-hybridized carbons (Fsp3) is 0.357. The molecule has 0 bridgehead atoms. The van der Waals surface area contributed by atoms with Gasteiger partial charge in [-0.25, -0.2) is 0 Å². The fourth-order valence-electron chi connectivity index (χ4n) is 4.14. The van der Waals surface area contributed by atoms with Crippen LogP contribution in [0.15, 0.2) is 55.1 Å². The molecular formula is C28H33BClN2. The first kappa shape index (κ1) is 24.3. The van der Waals surface area contributed by atoms with Crippen LogP contribution >= 0.6 is 11.6 Å². The molecule has 0 spiro atoms. The molecule has 0 N–H and O–H groups in total. The first-order chi connectivity index (χ1) is 15.5. The Bertz CT molecular complexity index is 1080. The topological polar surface area (TPSA) is 16.1 Å². The Balaban J connectivity index is 0.00000141. The van der Waals surface area contributed by atoms with Gasteiger partial charge < -0.3 is 0 Å². The van der Waals surface area contributed by atoms with Crippen LogP contribution in [0.4, 0.5) is 0 Å². The van der Waals surface area contributed by atoms with Crippen LogP contribution < -0.4 is 0 Å². The zero-order valence-electron chi connectivity index (χ0n) is 19.6. The van der Waals surface area contributed by atoms with Crippen LogP contribution in [-0.4, -0.2) is 35.9 Å². The molecule has 1 saturated heterocycles. The van der Waals surface area contributed by atoms with Crippen LogP contribution in [0.2, 0.25) is 5.02 Å². The van der Waals surface area contributed by atoms with Crippen LogP contribution in [0.1, 0.15) is 62.4 Å². The molecule has 1 radical (unpaired) electrons. The summed E-state index contributed by atoms with van der Waals surface area (Å²) in [5.74, 6) is 0. The molecule has 0 atom stereocenters. The monoisotopic (exact) mass is 443 g/mol. The predicted molar refractivity (Wildman–Crippen MR) is 142 cm³/mol. The van der Waals surface area contributed by atoms with Crippen LogP contribution in [0.3, 0.4) is 0 Å². The van der Waals surface area contributed by atoms with Gasteiger partial charge in [0, 0.05) is 5.02 Å². The summed E-state index contributed by atoms with van der Waals surface area (Å²) in [6.07, 6.45) is 5.70. The maximum atomic E-state index is 6.11. The average Bonchev–Trinajstić information content (AvgIpc) is 2.84. The minimum atomic E-state index is 0.733. The molecule has 0 aliphatic carbocycles. The molecule has 165 valence electrons. The first-order valence-electron chi connectivity index (χ1n) is 11.7. The number of piperidine rings is 1. The summed E-state index contributed by atoms with van der Waals surface area (Å²) in [7, 11) is 6.11. The van der Waals surface area contributed by atoms with Gasteiger partial charge in [0.1, 0.15) is 0 Å². The van der Waals surface area contributed by atoms with E-state index in [2.05, 4.69) is 47.9 Å². The molecule has 1 aromatic heterocycles. The van der Waals surface area contributed by atoms with Crippen molar-refractivity contribution in [3.8, 4) is 0 Å². The Hall–Kier alpha value is -2.39. The normalized spacial score (nSPS) is 13.4. The van der Waals surface area contributed by atoms with Crippen molar-refractivity contribution in [2.24, 2.45) is 0 Å². The fourth-order valence-corrected chi connectivity index (χ4v) is 4.27. The van der Waals surface area contributed by atoms with Gasteiger partial charge in [-0.3, -0.25) is 0 Å². The quantitative estimate of drug-likeness (QED) is 0.387. The molecule has 3 aromatic rings. The van der Waals surface area contributed by atoms with Gasteiger partial charge in [0.25, 0.3) is 0 Å². The van der Waals surface area contributed by atoms with E-state index < -0.39 is 0 Å². The van der Waals surface area contributed by atoms with Crippen molar-refractivity contribution in [3.63, 3.8) is 0 Å². The van der Waals surface area contributed by atoms with E-state index in [0.29, 0.717) is 0 Å². The number of hydrogen-bond donors (Lipinski definition) is 0. The number of rotatable bonds is 6. The van der Waals surface area contributed by atoms with Gasteiger partial charge in [0.2, 0.25) is 0 Å². The Morgan fingerprint density at radius 2 is 1.59 bits per heavy atom. The second kappa shape index (κ2) is 11.5. The van der Waals surface area contributed by atoms with E-state index in [9.17, 15) is 0 Å². The molecule has 1 aliphatic heterocycles. The van der Waals surface area contributed by atoms with Gasteiger partial charge in [-0.05, 0) is 0 Å². The van der Waals surface area contributed by atoms with Gasteiger partial charge >= 0.3 is 169 Å². The summed E-state index contributed by atoms with van der Waals surface area (Å²) in [5, 5.41) is 1.93. The summed E-state index contributed by atoms with van der Waals surface area (Å²) in [5.41, 5.74) is 7.36. The molecule has 2 nitrogen and oxygen atoms in total. The molecule has 32 heavy (non-hydrogen) atoms. The van der Waals surface area contributed by atoms with Gasteiger partial charge in [-0.15, -0.1) is 0 Å². The number of aromatic nitrogens is 1. The molecule has 4 rings (SSSR count). The number of nitrogens with zero attached hydrogens (tertiary/aromatic N) is 2. The third-order valence-electron chi connectivity index (χ3n) is 5.94. The molecule has 0 saturated carbocycles. The molecular weight excluding hydrogens is 411 g/mol. The van der Waals surface area contributed by atoms with E-state index in [0.717, 1.165) is 64.3 Å². The molecule has 0 unspecified atom stereocenters. The van der Waals surface area contributed by atoms with E-state index >= 15 is 0 Å². The SMILES string of the molecule is CC.[B]=C(C)c1cc(C(=C)N2CCCCC2)c2cc(CCc3ccc(Cl)cc3)ccc2n1. The van der Waals surface area contributed by atoms with Crippen molar-refractivity contribution in [1.82, 2.24) is 9.88 Å². The third-order valence-corrected chi connectivity index (χ3v) is 6.19. The Morgan fingerprint density at radius 1 is 0.969 bits per heavy atom. The van der Waals surface area contributed by atoms with Gasteiger partial charge in [-0.1, -0.05) is 25.4 Å². The number of hydrogen-bond acceptors (Lipinski definition) is 2. The van der Waals surface area contributed by atoms with Crippen LogP contribution in [0, 0.1) is 0 Å². The number of likely N-dealkylation sites (tertiary alicyclic amines) is 1. The number of fused-ring (bicyclic) bond motifs is 1. The van der Waals surface area contributed by atoms with Gasteiger partial charge in [-0.2, -0.15) is 0 Å². The predicted octanol–water partition coefficient (Wildman–Crippen LogP) is 6.87. The summed E-state index contributed by atoms with van der Waals surface area (Å²) in [6, 6.07) is 16.8. The van der Waals surface area contributed by atoms with Crippen LogP contribution in [0.25, 0.3) is 16.6 Å². The number of pyridine rings is 1. The van der Waals surface area contributed by atoms with E-state index in [1.54, 1.807) is 0 Å². The van der Waals surface area contributed by atoms with Gasteiger partial charge in [0.05, 0.1) is 0 Å². The van der Waals surface area contributed by atoms with Gasteiger partial charge in [0.15, 0.2) is 0 Å². The summed E-state index contributed by atoms with van der Waals surface area (Å²) >= 11 is 6.01. The second-order valence-corrected chi connectivity index (χ2v) is 8.65. The molecule has 2 heterocycles. The number of aryl methyl sites for hydroxylation is 2. The van der Waals surface area contributed by atoms with E-state index in [1.807, 2.05) is 32.9 Å². The molecule has 1 aliphatic rings. The Labute approximate surface area is 199 Å². The zero-order chi connectivity index (χ0) is 23.1. The summed E-state index contributed by atoms with van der Waals surface area (Å²) in [4.78, 5) is 7.21. The number of halogens is 1. The Morgan fingerprint density at radius 3 is 2.25 bits per heavy atom. The third kappa shape index (κ3) is 5.89. The second-order valence-electron chi connectivity index (χ2n) is 8.21. The average molecular weight is 444 g/mol. The van der Waals surface area contributed by atoms with Crippen molar-refractivity contribution >= 4 is 41.2 Å². The summed E-state index contributed by atoms with van der Waals surface area (Å²) < 4.78 is 0. The maximum absolute atomic E-state index is 6.11. The summed E-state index contributed by atoms with van der Waals surface area (Å²) in [6.45, 7) is 12.5. The van der Waals surface area contributed by atoms with E-state index in [1.165, 1.54) is 30.4 Å². The molecule has 2 aromatic carbocycles. The molecule has 4 heteroatoms. The number of benzene rings is 2. The van der Waals surface area contributed by atoms with Crippen LogP contribution in [0.5, 0.6) is 0 Å². The van der Waals surface area contributed by atoms with Crippen molar-refractivity contribution in [1.29, 1.82) is 0 Å². The zero-order valence-corrected chi connectivity index (χ0v) is 20.4. The van der Waals surface area contributed by atoms with Crippen molar-refractivity contribution in [2.75, 3.05) is 13.1 Å². The molecule has 0 amide bonds. The van der Waals surface area contributed by atoms with Crippen molar-refractivity contribution < 1.29 is 0 Å². The van der Waals surface area contributed by atoms with Crippen molar-refractivity contribution in [3.05, 3.63) is 82.5 Å². The van der Waals surface area contributed by atoms with E-state index in [4.69, 9.17) is 24.1 Å². The standard InChI is InChI=1S/C26H27BClN2.C2H6/c1-18(27)26-17-23(19(2)30-14-4-3-5-15-30)24-16-21(10-13-25(24)29-26)7-6-20-8-11-22(28)12-9-20;1-2/h8-13,16-17H,2-7,14-15H2,1H3;1-2H3. The molecule has 1 fully saturated rings. The Kier molecular flexibility index (Phi) is 8.70. The van der Waals surface area contributed by atoms with E-state index in [-0.39, 0.29) is 0 Å². The van der Waals surface area contributed by atoms with Crippen LogP contribution in [-0.2, 0) is 12.8 Å².